The number of nitrogens with zero attached hydrogens (tertiary/aromatic N) is 1. The standard InChI is InChI=1S/C18H36N4O3S2.HI/c1-3-19-18(22-16-9-6-10-17(13-16)26(23)4-2)20-11-12-27(24,25)21-14-15-7-5-8-15;/h15-17,21H,3-14H2,1-2H3,(H2,19,20,22);1H. The first-order valence-electron chi connectivity index (χ1n) is 10.3. The average molecular weight is 549 g/mol. The fourth-order valence-corrected chi connectivity index (χ4v) is 5.87. The number of hydrogen-bond acceptors (Lipinski definition) is 4. The van der Waals surface area contributed by atoms with Gasteiger partial charge in [-0.25, -0.2) is 13.1 Å². The number of sulfonamides is 1. The van der Waals surface area contributed by atoms with Crippen molar-refractivity contribution in [2.75, 3.05) is 31.1 Å². The van der Waals surface area contributed by atoms with Gasteiger partial charge < -0.3 is 10.6 Å². The predicted octanol–water partition coefficient (Wildman–Crippen LogP) is 1.96. The molecule has 0 aromatic carbocycles. The highest BCUT2D eigenvalue weighted by molar-refractivity contribution is 14.0. The van der Waals surface area contributed by atoms with E-state index in [0.717, 1.165) is 45.1 Å². The minimum absolute atomic E-state index is 0. The van der Waals surface area contributed by atoms with Crippen molar-refractivity contribution < 1.29 is 12.6 Å². The van der Waals surface area contributed by atoms with Gasteiger partial charge >= 0.3 is 0 Å². The van der Waals surface area contributed by atoms with Gasteiger partial charge in [0.15, 0.2) is 5.96 Å². The average Bonchev–Trinajstić information content (AvgIpc) is 2.59. The number of halogens is 1. The first kappa shape index (κ1) is 26.1. The van der Waals surface area contributed by atoms with E-state index in [-0.39, 0.29) is 47.6 Å². The van der Waals surface area contributed by atoms with Gasteiger partial charge in [0, 0.05) is 40.9 Å². The summed E-state index contributed by atoms with van der Waals surface area (Å²) in [4.78, 5) is 4.44. The van der Waals surface area contributed by atoms with E-state index < -0.39 is 20.8 Å². The lowest BCUT2D eigenvalue weighted by Gasteiger charge is -2.30. The molecule has 3 N–H and O–H groups in total. The molecule has 0 aromatic heterocycles. The first-order valence-corrected chi connectivity index (χ1v) is 13.4. The van der Waals surface area contributed by atoms with Gasteiger partial charge in [-0.15, -0.1) is 24.0 Å². The van der Waals surface area contributed by atoms with Crippen LogP contribution in [0.4, 0.5) is 0 Å². The second-order valence-corrected chi connectivity index (χ2v) is 11.5. The Bertz CT molecular complexity index is 612. The highest BCUT2D eigenvalue weighted by Gasteiger charge is 2.26. The molecule has 3 unspecified atom stereocenters. The molecule has 3 atom stereocenters. The van der Waals surface area contributed by atoms with Gasteiger partial charge in [-0.2, -0.15) is 0 Å². The van der Waals surface area contributed by atoms with Gasteiger partial charge in [0.05, 0.1) is 12.3 Å². The topological polar surface area (TPSA) is 99.7 Å². The molecule has 0 radical (unpaired) electrons. The van der Waals surface area contributed by atoms with Crippen molar-refractivity contribution in [2.24, 2.45) is 10.9 Å². The Hall–Kier alpha value is 0.0600. The Morgan fingerprint density at radius 3 is 2.46 bits per heavy atom. The molecule has 7 nitrogen and oxygen atoms in total. The molecule has 2 saturated carbocycles. The van der Waals surface area contributed by atoms with Gasteiger partial charge in [-0.05, 0) is 44.9 Å². The van der Waals surface area contributed by atoms with Crippen LogP contribution in [-0.4, -0.2) is 61.0 Å². The van der Waals surface area contributed by atoms with Crippen molar-refractivity contribution in [2.45, 2.75) is 70.1 Å². The zero-order chi connectivity index (χ0) is 19.7. The fourth-order valence-electron chi connectivity index (χ4n) is 3.56. The second kappa shape index (κ2) is 13.4. The number of hydrogen-bond donors (Lipinski definition) is 3. The molecular weight excluding hydrogens is 511 g/mol. The summed E-state index contributed by atoms with van der Waals surface area (Å²) in [6.07, 6.45) is 7.46. The van der Waals surface area contributed by atoms with E-state index in [9.17, 15) is 12.6 Å². The fraction of sp³-hybridized carbons (Fsp3) is 0.944. The third kappa shape index (κ3) is 9.25. The SMILES string of the molecule is CCNC(=NCCS(=O)(=O)NCC1CCC1)NC1CCCC(S(=O)CC)C1.I. The van der Waals surface area contributed by atoms with Crippen LogP contribution in [-0.2, 0) is 20.8 Å². The minimum Gasteiger partial charge on any atom is -0.357 e. The van der Waals surface area contributed by atoms with Crippen molar-refractivity contribution in [1.29, 1.82) is 0 Å². The van der Waals surface area contributed by atoms with Gasteiger partial charge in [-0.3, -0.25) is 9.20 Å². The van der Waals surface area contributed by atoms with Gasteiger partial charge in [-0.1, -0.05) is 19.8 Å². The smallest absolute Gasteiger partial charge is 0.213 e. The number of aliphatic imine (C=N–C) groups is 1. The summed E-state index contributed by atoms with van der Waals surface area (Å²) in [6, 6.07) is 0.241. The lowest BCUT2D eigenvalue weighted by atomic mass is 9.86. The predicted molar refractivity (Wildman–Crippen MR) is 128 cm³/mol. The Labute approximate surface area is 190 Å². The third-order valence-corrected chi connectivity index (χ3v) is 8.48. The van der Waals surface area contributed by atoms with Crippen molar-refractivity contribution in [3.05, 3.63) is 0 Å². The number of nitrogens with one attached hydrogen (secondary N) is 3. The zero-order valence-electron chi connectivity index (χ0n) is 17.1. The summed E-state index contributed by atoms with van der Waals surface area (Å²) >= 11 is 0. The Balaban J connectivity index is 0.00000392. The maximum atomic E-state index is 12.1. The van der Waals surface area contributed by atoms with Crippen LogP contribution in [0, 0.1) is 5.92 Å². The monoisotopic (exact) mass is 548 g/mol. The molecule has 0 saturated heterocycles. The van der Waals surface area contributed by atoms with Crippen molar-refractivity contribution in [3.63, 3.8) is 0 Å². The van der Waals surface area contributed by atoms with Crippen LogP contribution in [0.5, 0.6) is 0 Å². The highest BCUT2D eigenvalue weighted by Crippen LogP contribution is 2.25. The molecule has 0 heterocycles. The van der Waals surface area contributed by atoms with Gasteiger partial charge in [0.1, 0.15) is 0 Å². The van der Waals surface area contributed by atoms with Crippen LogP contribution in [0.3, 0.4) is 0 Å². The molecule has 0 bridgehead atoms. The summed E-state index contributed by atoms with van der Waals surface area (Å²) in [5.74, 6) is 1.87. The second-order valence-electron chi connectivity index (χ2n) is 7.52. The summed E-state index contributed by atoms with van der Waals surface area (Å²) < 4.78 is 39.0. The van der Waals surface area contributed by atoms with E-state index in [1.54, 1.807) is 0 Å². The molecule has 2 aliphatic carbocycles. The molecule has 2 rings (SSSR count). The van der Waals surface area contributed by atoms with E-state index in [1.807, 2.05) is 13.8 Å². The quantitative estimate of drug-likeness (QED) is 0.220. The van der Waals surface area contributed by atoms with Crippen LogP contribution in [0.15, 0.2) is 4.99 Å². The van der Waals surface area contributed by atoms with Crippen LogP contribution >= 0.6 is 24.0 Å². The lowest BCUT2D eigenvalue weighted by Crippen LogP contribution is -2.47. The van der Waals surface area contributed by atoms with Crippen molar-refractivity contribution >= 4 is 50.8 Å². The molecule has 10 heteroatoms. The van der Waals surface area contributed by atoms with E-state index in [2.05, 4.69) is 20.3 Å². The van der Waals surface area contributed by atoms with Crippen molar-refractivity contribution in [1.82, 2.24) is 15.4 Å². The highest BCUT2D eigenvalue weighted by atomic mass is 127. The molecule has 0 aromatic rings. The van der Waals surface area contributed by atoms with Crippen LogP contribution in [0.2, 0.25) is 0 Å². The van der Waals surface area contributed by atoms with Gasteiger partial charge in [0.25, 0.3) is 0 Å². The summed E-state index contributed by atoms with van der Waals surface area (Å²) in [5.41, 5.74) is 0. The molecule has 0 aliphatic heterocycles. The van der Waals surface area contributed by atoms with E-state index in [4.69, 9.17) is 0 Å². The Kier molecular flexibility index (Phi) is 12.5. The maximum absolute atomic E-state index is 12.1. The summed E-state index contributed by atoms with van der Waals surface area (Å²) in [5, 5.41) is 6.85. The minimum atomic E-state index is -3.27. The van der Waals surface area contributed by atoms with E-state index in [1.165, 1.54) is 6.42 Å². The molecule has 28 heavy (non-hydrogen) atoms. The van der Waals surface area contributed by atoms with E-state index >= 15 is 0 Å². The number of rotatable bonds is 10. The molecule has 0 amide bonds. The lowest BCUT2D eigenvalue weighted by molar-refractivity contribution is 0.316. The third-order valence-electron chi connectivity index (χ3n) is 5.41. The van der Waals surface area contributed by atoms with Gasteiger partial charge in [0.2, 0.25) is 10.0 Å². The number of guanidine groups is 1. The molecule has 166 valence electrons. The summed E-state index contributed by atoms with van der Waals surface area (Å²) in [6.45, 7) is 5.46. The normalized spacial score (nSPS) is 24.7. The summed E-state index contributed by atoms with van der Waals surface area (Å²) in [7, 11) is -4.03. The molecule has 0 spiro atoms. The van der Waals surface area contributed by atoms with E-state index in [0.29, 0.717) is 24.2 Å². The molecule has 2 fully saturated rings. The molecular formula is C18H37IN4O3S2. The largest absolute Gasteiger partial charge is 0.357 e. The Morgan fingerprint density at radius 1 is 1.14 bits per heavy atom. The zero-order valence-corrected chi connectivity index (χ0v) is 21.1. The van der Waals surface area contributed by atoms with Crippen LogP contribution < -0.4 is 15.4 Å². The van der Waals surface area contributed by atoms with Crippen LogP contribution in [0.25, 0.3) is 0 Å². The van der Waals surface area contributed by atoms with Crippen molar-refractivity contribution in [3.8, 4) is 0 Å². The van der Waals surface area contributed by atoms with Crippen LogP contribution in [0.1, 0.15) is 58.8 Å². The Morgan fingerprint density at radius 2 is 1.86 bits per heavy atom. The maximum Gasteiger partial charge on any atom is 0.213 e. The first-order chi connectivity index (χ1) is 12.9. The molecule has 2 aliphatic rings.